The Hall–Kier alpha value is -2.18. The van der Waals surface area contributed by atoms with Crippen molar-refractivity contribution in [2.75, 3.05) is 20.1 Å². The van der Waals surface area contributed by atoms with Crippen LogP contribution in [-0.2, 0) is 9.59 Å². The fraction of sp³-hybridized carbons (Fsp3) is 0.400. The van der Waals surface area contributed by atoms with Gasteiger partial charge in [-0.2, -0.15) is 0 Å². The van der Waals surface area contributed by atoms with Crippen molar-refractivity contribution in [1.29, 1.82) is 0 Å². The number of thiophene rings is 1. The lowest BCUT2D eigenvalue weighted by molar-refractivity contribution is -0.125. The Morgan fingerprint density at radius 2 is 1.69 bits per heavy atom. The highest BCUT2D eigenvalue weighted by atomic mass is 32.1. The zero-order chi connectivity index (χ0) is 19.2. The van der Waals surface area contributed by atoms with E-state index in [4.69, 9.17) is 0 Å². The third kappa shape index (κ3) is 6.61. The van der Waals surface area contributed by atoms with Gasteiger partial charge >= 0.3 is 0 Å². The predicted octanol–water partition coefficient (Wildman–Crippen LogP) is 2.80. The first-order valence-corrected chi connectivity index (χ1v) is 9.50. The minimum atomic E-state index is -0.280. The minimum Gasteiger partial charge on any atom is -0.350 e. The molecule has 5 nitrogen and oxygen atoms in total. The van der Waals surface area contributed by atoms with Gasteiger partial charge in [0.15, 0.2) is 0 Å². The van der Waals surface area contributed by atoms with Crippen LogP contribution in [0.25, 0.3) is 0 Å². The van der Waals surface area contributed by atoms with E-state index in [1.807, 2.05) is 68.6 Å². The van der Waals surface area contributed by atoms with Gasteiger partial charge < -0.3 is 10.6 Å². The maximum absolute atomic E-state index is 12.5. The second kappa shape index (κ2) is 8.96. The standard InChI is InChI=1S/C20H27N3O2S/c1-20(2,3)22-18(25)14-23(4)13-17(24)21-19(16-11-8-12-26-16)15-9-6-5-7-10-15/h5-12,19H,13-14H2,1-4H3,(H,21,24)(H,22,25)/t19-/m1/s1. The summed E-state index contributed by atoms with van der Waals surface area (Å²) in [5.41, 5.74) is 0.758. The highest BCUT2D eigenvalue weighted by molar-refractivity contribution is 7.10. The summed E-state index contributed by atoms with van der Waals surface area (Å²) < 4.78 is 0. The van der Waals surface area contributed by atoms with Crippen LogP contribution in [0.15, 0.2) is 47.8 Å². The first-order chi connectivity index (χ1) is 12.2. The maximum atomic E-state index is 12.5. The second-order valence-corrected chi connectivity index (χ2v) is 8.38. The van der Waals surface area contributed by atoms with Gasteiger partial charge in [0.25, 0.3) is 0 Å². The molecular formula is C20H27N3O2S. The summed E-state index contributed by atoms with van der Waals surface area (Å²) in [5.74, 6) is -0.205. The Balaban J connectivity index is 1.96. The number of carbonyl (C=O) groups is 2. The molecule has 1 atom stereocenters. The van der Waals surface area contributed by atoms with Crippen LogP contribution in [0.4, 0.5) is 0 Å². The van der Waals surface area contributed by atoms with Gasteiger partial charge in [0, 0.05) is 10.4 Å². The average Bonchev–Trinajstić information content (AvgIpc) is 3.05. The van der Waals surface area contributed by atoms with E-state index >= 15 is 0 Å². The van der Waals surface area contributed by atoms with E-state index in [9.17, 15) is 9.59 Å². The summed E-state index contributed by atoms with van der Waals surface area (Å²) in [4.78, 5) is 27.3. The summed E-state index contributed by atoms with van der Waals surface area (Å²) in [6.45, 7) is 6.14. The van der Waals surface area contributed by atoms with Gasteiger partial charge in [0.1, 0.15) is 0 Å². The Labute approximate surface area is 159 Å². The third-order valence-corrected chi connectivity index (χ3v) is 4.54. The third-order valence-electron chi connectivity index (χ3n) is 3.61. The van der Waals surface area contributed by atoms with Crippen LogP contribution < -0.4 is 10.6 Å². The molecule has 0 aliphatic heterocycles. The number of nitrogens with zero attached hydrogens (tertiary/aromatic N) is 1. The van der Waals surface area contributed by atoms with Crippen molar-refractivity contribution < 1.29 is 9.59 Å². The lowest BCUT2D eigenvalue weighted by atomic mass is 10.1. The van der Waals surface area contributed by atoms with Crippen molar-refractivity contribution in [2.24, 2.45) is 0 Å². The number of benzene rings is 1. The van der Waals surface area contributed by atoms with Crippen LogP contribution in [0.5, 0.6) is 0 Å². The molecule has 0 bridgehead atoms. The SMILES string of the molecule is CN(CC(=O)N[C@H](c1ccccc1)c1cccs1)CC(=O)NC(C)(C)C. The van der Waals surface area contributed by atoms with Crippen LogP contribution in [0, 0.1) is 0 Å². The molecule has 2 aromatic rings. The van der Waals surface area contributed by atoms with Crippen molar-refractivity contribution in [1.82, 2.24) is 15.5 Å². The first-order valence-electron chi connectivity index (χ1n) is 8.62. The van der Waals surface area contributed by atoms with E-state index in [2.05, 4.69) is 10.6 Å². The zero-order valence-electron chi connectivity index (χ0n) is 15.8. The fourth-order valence-corrected chi connectivity index (χ4v) is 3.43. The largest absolute Gasteiger partial charge is 0.350 e. The summed E-state index contributed by atoms with van der Waals surface area (Å²) in [5, 5.41) is 7.99. The van der Waals surface area contributed by atoms with Crippen molar-refractivity contribution in [3.63, 3.8) is 0 Å². The van der Waals surface area contributed by atoms with Crippen LogP contribution in [0.2, 0.25) is 0 Å². The topological polar surface area (TPSA) is 61.4 Å². The molecule has 140 valence electrons. The molecule has 0 radical (unpaired) electrons. The van der Waals surface area contributed by atoms with Crippen LogP contribution in [0.3, 0.4) is 0 Å². The quantitative estimate of drug-likeness (QED) is 0.785. The van der Waals surface area contributed by atoms with E-state index in [-0.39, 0.29) is 36.5 Å². The Morgan fingerprint density at radius 1 is 1.04 bits per heavy atom. The maximum Gasteiger partial charge on any atom is 0.234 e. The summed E-state index contributed by atoms with van der Waals surface area (Å²) in [7, 11) is 1.77. The zero-order valence-corrected chi connectivity index (χ0v) is 16.6. The van der Waals surface area contributed by atoms with E-state index in [0.717, 1.165) is 10.4 Å². The van der Waals surface area contributed by atoms with E-state index in [0.29, 0.717) is 0 Å². The summed E-state index contributed by atoms with van der Waals surface area (Å²) in [6.07, 6.45) is 0. The Morgan fingerprint density at radius 3 is 2.27 bits per heavy atom. The molecule has 0 aliphatic carbocycles. The Bertz CT molecular complexity index is 708. The van der Waals surface area contributed by atoms with Gasteiger partial charge in [-0.1, -0.05) is 36.4 Å². The average molecular weight is 374 g/mol. The van der Waals surface area contributed by atoms with Gasteiger partial charge in [0.05, 0.1) is 19.1 Å². The smallest absolute Gasteiger partial charge is 0.234 e. The van der Waals surface area contributed by atoms with E-state index in [1.165, 1.54) is 0 Å². The monoisotopic (exact) mass is 373 g/mol. The molecule has 0 spiro atoms. The lowest BCUT2D eigenvalue weighted by Gasteiger charge is -2.24. The molecular weight excluding hydrogens is 346 g/mol. The summed E-state index contributed by atoms with van der Waals surface area (Å²) in [6, 6.07) is 13.7. The number of carbonyl (C=O) groups excluding carboxylic acids is 2. The molecule has 1 aromatic carbocycles. The molecule has 0 saturated carbocycles. The van der Waals surface area contributed by atoms with Gasteiger partial charge in [-0.3, -0.25) is 14.5 Å². The van der Waals surface area contributed by atoms with Crippen LogP contribution in [-0.4, -0.2) is 42.4 Å². The normalized spacial score (nSPS) is 12.7. The molecule has 0 fully saturated rings. The van der Waals surface area contributed by atoms with Gasteiger partial charge in [-0.15, -0.1) is 11.3 Å². The van der Waals surface area contributed by atoms with Gasteiger partial charge in [-0.25, -0.2) is 0 Å². The van der Waals surface area contributed by atoms with Crippen LogP contribution >= 0.6 is 11.3 Å². The number of amides is 2. The highest BCUT2D eigenvalue weighted by Crippen LogP contribution is 2.25. The molecule has 2 N–H and O–H groups in total. The second-order valence-electron chi connectivity index (χ2n) is 7.40. The molecule has 0 saturated heterocycles. The van der Waals surface area contributed by atoms with Gasteiger partial charge in [0.2, 0.25) is 11.8 Å². The molecule has 1 heterocycles. The fourth-order valence-electron chi connectivity index (χ4n) is 2.63. The molecule has 2 rings (SSSR count). The molecule has 1 aromatic heterocycles. The number of rotatable bonds is 7. The van der Waals surface area contributed by atoms with Gasteiger partial charge in [-0.05, 0) is 44.8 Å². The molecule has 26 heavy (non-hydrogen) atoms. The molecule has 0 aliphatic rings. The van der Waals surface area contributed by atoms with Crippen molar-refractivity contribution in [2.45, 2.75) is 32.4 Å². The number of nitrogens with one attached hydrogen (secondary N) is 2. The number of likely N-dealkylation sites (N-methyl/N-ethyl adjacent to an activating group) is 1. The molecule has 6 heteroatoms. The van der Waals surface area contributed by atoms with Crippen LogP contribution in [0.1, 0.15) is 37.3 Å². The van der Waals surface area contributed by atoms with E-state index < -0.39 is 0 Å². The minimum absolute atomic E-state index is 0.0920. The summed E-state index contributed by atoms with van der Waals surface area (Å²) >= 11 is 1.61. The highest BCUT2D eigenvalue weighted by Gasteiger charge is 2.20. The van der Waals surface area contributed by atoms with Crippen molar-refractivity contribution in [3.8, 4) is 0 Å². The first kappa shape index (κ1) is 20.1. The lowest BCUT2D eigenvalue weighted by Crippen LogP contribution is -2.47. The predicted molar refractivity (Wildman–Crippen MR) is 106 cm³/mol. The molecule has 2 amide bonds. The van der Waals surface area contributed by atoms with E-state index in [1.54, 1.807) is 23.3 Å². The number of hydrogen-bond donors (Lipinski definition) is 2. The van der Waals surface area contributed by atoms with Crippen molar-refractivity contribution in [3.05, 3.63) is 58.3 Å². The molecule has 0 unspecified atom stereocenters. The van der Waals surface area contributed by atoms with Crippen molar-refractivity contribution >= 4 is 23.2 Å². The number of hydrogen-bond acceptors (Lipinski definition) is 4. The Kier molecular flexibility index (Phi) is 6.94.